The molecule has 1 aromatic rings. The summed E-state index contributed by atoms with van der Waals surface area (Å²) < 4.78 is 46.9. The first-order valence-corrected chi connectivity index (χ1v) is 7.65. The highest BCUT2D eigenvalue weighted by atomic mass is 19.4. The minimum absolute atomic E-state index is 0.00265. The second-order valence-electron chi connectivity index (χ2n) is 5.38. The van der Waals surface area contributed by atoms with Crippen molar-refractivity contribution in [2.45, 2.75) is 32.1 Å². The largest absolute Gasteiger partial charge is 0.482 e. The van der Waals surface area contributed by atoms with Gasteiger partial charge in [-0.2, -0.15) is 13.2 Å². The maximum atomic E-state index is 12.3. The highest BCUT2D eigenvalue weighted by Gasteiger charge is 2.29. The van der Waals surface area contributed by atoms with E-state index in [9.17, 15) is 18.0 Å². The van der Waals surface area contributed by atoms with E-state index in [1.165, 1.54) is 18.5 Å². The van der Waals surface area contributed by atoms with Gasteiger partial charge < -0.3 is 19.7 Å². The number of morpholine rings is 1. The van der Waals surface area contributed by atoms with Crippen molar-refractivity contribution in [2.24, 2.45) is 0 Å². The molecule has 0 spiro atoms. The van der Waals surface area contributed by atoms with Gasteiger partial charge in [0.25, 0.3) is 0 Å². The molecule has 0 saturated carbocycles. The van der Waals surface area contributed by atoms with Gasteiger partial charge in [0.1, 0.15) is 5.75 Å². The number of amides is 2. The van der Waals surface area contributed by atoms with Crippen molar-refractivity contribution < 1.29 is 27.4 Å². The molecule has 0 bridgehead atoms. The number of rotatable bonds is 5. The predicted molar refractivity (Wildman–Crippen MR) is 79.6 cm³/mol. The van der Waals surface area contributed by atoms with Gasteiger partial charge in [0.15, 0.2) is 6.61 Å². The molecule has 0 aliphatic carbocycles. The van der Waals surface area contributed by atoms with Gasteiger partial charge in [-0.1, -0.05) is 6.92 Å². The number of alkyl halides is 3. The van der Waals surface area contributed by atoms with Crippen LogP contribution in [0.15, 0.2) is 18.5 Å². The van der Waals surface area contributed by atoms with E-state index in [1.54, 1.807) is 4.90 Å². The molecule has 6 nitrogen and oxygen atoms in total. The summed E-state index contributed by atoms with van der Waals surface area (Å²) in [6.07, 6.45) is -1.02. The van der Waals surface area contributed by atoms with Crippen LogP contribution in [0.25, 0.3) is 0 Å². The Bertz CT molecular complexity index is 554. The average molecular weight is 347 g/mol. The minimum Gasteiger partial charge on any atom is -0.482 e. The SMILES string of the molecule is CCC1COCCN1C(=O)NCc1ccncc1OCC(F)(F)F. The summed E-state index contributed by atoms with van der Waals surface area (Å²) in [6.45, 7) is 2.06. The van der Waals surface area contributed by atoms with Crippen molar-refractivity contribution in [2.75, 3.05) is 26.4 Å². The summed E-state index contributed by atoms with van der Waals surface area (Å²) >= 11 is 0. The van der Waals surface area contributed by atoms with Crippen molar-refractivity contribution in [1.29, 1.82) is 0 Å². The maximum Gasteiger partial charge on any atom is 0.422 e. The number of hydrogen-bond donors (Lipinski definition) is 1. The number of nitrogens with zero attached hydrogens (tertiary/aromatic N) is 2. The summed E-state index contributed by atoms with van der Waals surface area (Å²) in [4.78, 5) is 17.7. The van der Waals surface area contributed by atoms with Gasteiger partial charge in [-0.15, -0.1) is 0 Å². The molecule has 1 unspecified atom stereocenters. The quantitative estimate of drug-likeness (QED) is 0.888. The molecule has 1 aliphatic rings. The zero-order valence-electron chi connectivity index (χ0n) is 13.3. The van der Waals surface area contributed by atoms with Gasteiger partial charge in [-0.25, -0.2) is 4.79 Å². The lowest BCUT2D eigenvalue weighted by molar-refractivity contribution is -0.153. The normalized spacial score (nSPS) is 18.3. The first kappa shape index (κ1) is 18.3. The molecular weight excluding hydrogens is 327 g/mol. The number of nitrogens with one attached hydrogen (secondary N) is 1. The molecule has 1 N–H and O–H groups in total. The zero-order valence-corrected chi connectivity index (χ0v) is 13.3. The standard InChI is InChI=1S/C15H20F3N3O3/c1-2-12-9-23-6-5-21(12)14(22)20-7-11-3-4-19-8-13(11)24-10-15(16,17)18/h3-4,8,12H,2,5-7,9-10H2,1H3,(H,20,22). The Morgan fingerprint density at radius 2 is 2.33 bits per heavy atom. The lowest BCUT2D eigenvalue weighted by Crippen LogP contribution is -2.52. The van der Waals surface area contributed by atoms with E-state index in [0.717, 1.165) is 6.42 Å². The number of halogens is 3. The molecule has 1 aliphatic heterocycles. The van der Waals surface area contributed by atoms with E-state index in [1.807, 2.05) is 6.92 Å². The van der Waals surface area contributed by atoms with Crippen LogP contribution in [0.2, 0.25) is 0 Å². The number of ether oxygens (including phenoxy) is 2. The number of carbonyl (C=O) groups is 1. The predicted octanol–water partition coefficient (Wildman–Crippen LogP) is 2.34. The Kier molecular flexibility index (Phi) is 6.24. The fourth-order valence-corrected chi connectivity index (χ4v) is 2.38. The van der Waals surface area contributed by atoms with Crippen molar-refractivity contribution in [1.82, 2.24) is 15.2 Å². The third-order valence-corrected chi connectivity index (χ3v) is 3.65. The average Bonchev–Trinajstić information content (AvgIpc) is 2.57. The van der Waals surface area contributed by atoms with Crippen LogP contribution in [-0.4, -0.2) is 54.5 Å². The Hall–Kier alpha value is -2.03. The van der Waals surface area contributed by atoms with E-state index in [2.05, 4.69) is 10.3 Å². The third kappa shape index (κ3) is 5.26. The number of urea groups is 1. The Morgan fingerprint density at radius 1 is 1.54 bits per heavy atom. The van der Waals surface area contributed by atoms with Crippen molar-refractivity contribution >= 4 is 6.03 Å². The van der Waals surface area contributed by atoms with Gasteiger partial charge in [0, 0.05) is 24.8 Å². The topological polar surface area (TPSA) is 63.7 Å². The van der Waals surface area contributed by atoms with Crippen LogP contribution in [0.4, 0.5) is 18.0 Å². The molecule has 24 heavy (non-hydrogen) atoms. The Balaban J connectivity index is 1.95. The molecule has 0 radical (unpaired) electrons. The monoisotopic (exact) mass is 347 g/mol. The highest BCUT2D eigenvalue weighted by Crippen LogP contribution is 2.21. The van der Waals surface area contributed by atoms with Gasteiger partial charge >= 0.3 is 12.2 Å². The lowest BCUT2D eigenvalue weighted by atomic mass is 10.2. The van der Waals surface area contributed by atoms with Crippen LogP contribution in [0.5, 0.6) is 5.75 Å². The molecule has 2 heterocycles. The van der Waals surface area contributed by atoms with Crippen LogP contribution in [0.1, 0.15) is 18.9 Å². The van der Waals surface area contributed by atoms with Crippen LogP contribution in [0.3, 0.4) is 0 Å². The van der Waals surface area contributed by atoms with E-state index in [-0.39, 0.29) is 24.4 Å². The second-order valence-corrected chi connectivity index (χ2v) is 5.38. The summed E-state index contributed by atoms with van der Waals surface area (Å²) in [5.41, 5.74) is 0.434. The lowest BCUT2D eigenvalue weighted by Gasteiger charge is -2.35. The van der Waals surface area contributed by atoms with Crippen molar-refractivity contribution in [3.05, 3.63) is 24.0 Å². The zero-order chi connectivity index (χ0) is 17.6. The van der Waals surface area contributed by atoms with Gasteiger partial charge in [0.05, 0.1) is 25.5 Å². The molecule has 2 amide bonds. The molecule has 1 aromatic heterocycles. The number of pyridine rings is 1. The smallest absolute Gasteiger partial charge is 0.422 e. The fraction of sp³-hybridized carbons (Fsp3) is 0.600. The van der Waals surface area contributed by atoms with E-state index in [4.69, 9.17) is 9.47 Å². The molecule has 1 saturated heterocycles. The van der Waals surface area contributed by atoms with Gasteiger partial charge in [-0.05, 0) is 12.5 Å². The number of carbonyl (C=O) groups excluding carboxylic acids is 1. The number of hydrogen-bond acceptors (Lipinski definition) is 4. The maximum absolute atomic E-state index is 12.3. The highest BCUT2D eigenvalue weighted by molar-refractivity contribution is 5.74. The van der Waals surface area contributed by atoms with Crippen LogP contribution >= 0.6 is 0 Å². The Labute approximate surface area is 137 Å². The molecule has 2 rings (SSSR count). The summed E-state index contributed by atoms with van der Waals surface area (Å²) in [6, 6.07) is 1.24. The fourth-order valence-electron chi connectivity index (χ4n) is 2.38. The van der Waals surface area contributed by atoms with E-state index >= 15 is 0 Å². The first-order chi connectivity index (χ1) is 11.4. The Morgan fingerprint density at radius 3 is 3.04 bits per heavy atom. The number of aromatic nitrogens is 1. The second kappa shape index (κ2) is 8.18. The van der Waals surface area contributed by atoms with Crippen LogP contribution in [0, 0.1) is 0 Å². The summed E-state index contributed by atoms with van der Waals surface area (Å²) in [5.74, 6) is 0.00384. The van der Waals surface area contributed by atoms with E-state index < -0.39 is 12.8 Å². The summed E-state index contributed by atoms with van der Waals surface area (Å²) in [7, 11) is 0. The molecule has 0 aromatic carbocycles. The first-order valence-electron chi connectivity index (χ1n) is 7.65. The summed E-state index contributed by atoms with van der Waals surface area (Å²) in [5, 5.41) is 2.71. The molecule has 9 heteroatoms. The van der Waals surface area contributed by atoms with Gasteiger partial charge in [-0.3, -0.25) is 4.98 Å². The minimum atomic E-state index is -4.43. The molecule has 1 fully saturated rings. The van der Waals surface area contributed by atoms with Crippen LogP contribution < -0.4 is 10.1 Å². The van der Waals surface area contributed by atoms with Gasteiger partial charge in [0.2, 0.25) is 0 Å². The molecular formula is C15H20F3N3O3. The van der Waals surface area contributed by atoms with E-state index in [0.29, 0.717) is 25.3 Å². The molecule has 134 valence electrons. The van der Waals surface area contributed by atoms with Crippen molar-refractivity contribution in [3.8, 4) is 5.75 Å². The van der Waals surface area contributed by atoms with Crippen molar-refractivity contribution in [3.63, 3.8) is 0 Å². The van der Waals surface area contributed by atoms with Crippen LogP contribution in [-0.2, 0) is 11.3 Å². The third-order valence-electron chi connectivity index (χ3n) is 3.65. The molecule has 1 atom stereocenters.